The van der Waals surface area contributed by atoms with E-state index < -0.39 is 0 Å². The van der Waals surface area contributed by atoms with Crippen molar-refractivity contribution in [3.63, 3.8) is 0 Å². The molecule has 0 radical (unpaired) electrons. The number of nitrogens with one attached hydrogen (secondary N) is 1. The van der Waals surface area contributed by atoms with Gasteiger partial charge in [0.05, 0.1) is 0 Å². The maximum absolute atomic E-state index is 10.7. The van der Waals surface area contributed by atoms with Crippen LogP contribution in [-0.4, -0.2) is 29.9 Å². The molecule has 2 rings (SSSR count). The molecule has 0 aromatic carbocycles. The van der Waals surface area contributed by atoms with Crippen LogP contribution in [0.4, 0.5) is 0 Å². The van der Waals surface area contributed by atoms with Gasteiger partial charge >= 0.3 is 5.97 Å². The second-order valence-corrected chi connectivity index (χ2v) is 3.20. The van der Waals surface area contributed by atoms with Crippen molar-refractivity contribution in [3.05, 3.63) is 0 Å². The Morgan fingerprint density at radius 2 is 2.54 bits per heavy atom. The Morgan fingerprint density at radius 3 is 3.31 bits per heavy atom. The molecule has 72 valence electrons. The van der Waals surface area contributed by atoms with E-state index in [0.29, 0.717) is 0 Å². The molecule has 0 spiro atoms. The normalized spacial score (nSPS) is 31.6. The lowest BCUT2D eigenvalue weighted by molar-refractivity contribution is -0.201. The molecule has 6 heteroatoms. The lowest BCUT2D eigenvalue weighted by Gasteiger charge is -2.27. The molecular weight excluding hydrogens is 172 g/mol. The minimum absolute atomic E-state index is 0.0577. The third-order valence-corrected chi connectivity index (χ3v) is 2.14. The molecule has 0 bridgehead atoms. The predicted molar refractivity (Wildman–Crippen MR) is 43.3 cm³/mol. The van der Waals surface area contributed by atoms with Crippen molar-refractivity contribution in [2.24, 2.45) is 10.3 Å². The topological polar surface area (TPSA) is 66.3 Å². The SMILES string of the molecule is CC(=O)ON1N=NC2CCCNC21. The predicted octanol–water partition coefficient (Wildman–Crippen LogP) is 0.225. The third-order valence-electron chi connectivity index (χ3n) is 2.14. The van der Waals surface area contributed by atoms with E-state index >= 15 is 0 Å². The molecule has 1 N–H and O–H groups in total. The van der Waals surface area contributed by atoms with Crippen molar-refractivity contribution in [1.29, 1.82) is 0 Å². The standard InChI is InChI=1S/C7H12N4O2/c1-5(12)13-11-7-6(9-10-11)3-2-4-8-7/h6-8H,2-4H2,1H3. The summed E-state index contributed by atoms with van der Waals surface area (Å²) in [6.07, 6.45) is 2.03. The molecule has 2 aliphatic heterocycles. The number of hydrogen-bond acceptors (Lipinski definition) is 6. The van der Waals surface area contributed by atoms with Crippen LogP contribution in [0, 0.1) is 0 Å². The van der Waals surface area contributed by atoms with Crippen LogP contribution in [-0.2, 0) is 9.63 Å². The van der Waals surface area contributed by atoms with Gasteiger partial charge in [-0.3, -0.25) is 5.32 Å². The first-order chi connectivity index (χ1) is 6.27. The molecule has 2 aliphatic rings. The van der Waals surface area contributed by atoms with Gasteiger partial charge in [-0.2, -0.15) is 5.11 Å². The van der Waals surface area contributed by atoms with Crippen LogP contribution >= 0.6 is 0 Å². The summed E-state index contributed by atoms with van der Waals surface area (Å²) in [4.78, 5) is 15.5. The lowest BCUT2D eigenvalue weighted by atomic mass is 10.1. The highest BCUT2D eigenvalue weighted by Gasteiger charge is 2.36. The number of piperidine rings is 1. The van der Waals surface area contributed by atoms with Crippen LogP contribution in [0.1, 0.15) is 19.8 Å². The van der Waals surface area contributed by atoms with Crippen molar-refractivity contribution in [1.82, 2.24) is 10.5 Å². The average molecular weight is 184 g/mol. The van der Waals surface area contributed by atoms with Crippen molar-refractivity contribution < 1.29 is 9.63 Å². The first kappa shape index (κ1) is 8.43. The van der Waals surface area contributed by atoms with Crippen molar-refractivity contribution in [2.45, 2.75) is 32.0 Å². The molecule has 0 aromatic heterocycles. The van der Waals surface area contributed by atoms with Crippen molar-refractivity contribution in [2.75, 3.05) is 6.54 Å². The maximum atomic E-state index is 10.7. The fourth-order valence-electron chi connectivity index (χ4n) is 1.58. The number of rotatable bonds is 1. The highest BCUT2D eigenvalue weighted by molar-refractivity contribution is 5.65. The summed E-state index contributed by atoms with van der Waals surface area (Å²) >= 11 is 0. The Hall–Kier alpha value is -1.17. The minimum Gasteiger partial charge on any atom is -0.321 e. The molecule has 0 saturated carbocycles. The minimum atomic E-state index is -0.369. The van der Waals surface area contributed by atoms with Gasteiger partial charge in [0.1, 0.15) is 6.04 Å². The monoisotopic (exact) mass is 184 g/mol. The Morgan fingerprint density at radius 1 is 1.69 bits per heavy atom. The Bertz CT molecular complexity index is 243. The molecule has 13 heavy (non-hydrogen) atoms. The first-order valence-corrected chi connectivity index (χ1v) is 4.39. The van der Waals surface area contributed by atoms with E-state index in [1.807, 2.05) is 0 Å². The van der Waals surface area contributed by atoms with Crippen LogP contribution in [0.2, 0.25) is 0 Å². The van der Waals surface area contributed by atoms with E-state index in [2.05, 4.69) is 15.7 Å². The molecule has 2 unspecified atom stereocenters. The molecule has 6 nitrogen and oxygen atoms in total. The average Bonchev–Trinajstić information content (AvgIpc) is 2.48. The van der Waals surface area contributed by atoms with E-state index in [1.165, 1.54) is 12.1 Å². The van der Waals surface area contributed by atoms with Crippen molar-refractivity contribution in [3.8, 4) is 0 Å². The first-order valence-electron chi connectivity index (χ1n) is 4.39. The summed E-state index contributed by atoms with van der Waals surface area (Å²) in [7, 11) is 0. The number of fused-ring (bicyclic) bond motifs is 1. The summed E-state index contributed by atoms with van der Waals surface area (Å²) in [5, 5.41) is 12.2. The number of hydroxylamine groups is 1. The number of hydrogen-bond donors (Lipinski definition) is 1. The molecule has 2 atom stereocenters. The zero-order chi connectivity index (χ0) is 9.26. The molecule has 0 amide bonds. The molecule has 2 heterocycles. The Kier molecular flexibility index (Phi) is 2.13. The second kappa shape index (κ2) is 3.29. The summed E-state index contributed by atoms with van der Waals surface area (Å²) in [6.45, 7) is 2.27. The highest BCUT2D eigenvalue weighted by atomic mass is 16.7. The number of carbonyl (C=O) groups is 1. The maximum Gasteiger partial charge on any atom is 0.331 e. The summed E-state index contributed by atoms with van der Waals surface area (Å²) in [5.41, 5.74) is 0. The Balaban J connectivity index is 1.98. The van der Waals surface area contributed by atoms with Gasteiger partial charge in [-0.1, -0.05) is 5.17 Å². The second-order valence-electron chi connectivity index (χ2n) is 3.20. The largest absolute Gasteiger partial charge is 0.331 e. The van der Waals surface area contributed by atoms with E-state index in [4.69, 9.17) is 4.84 Å². The molecule has 1 saturated heterocycles. The van der Waals surface area contributed by atoms with E-state index in [1.54, 1.807) is 0 Å². The van der Waals surface area contributed by atoms with Crippen LogP contribution in [0.5, 0.6) is 0 Å². The van der Waals surface area contributed by atoms with Crippen molar-refractivity contribution >= 4 is 5.97 Å². The van der Waals surface area contributed by atoms with Gasteiger partial charge in [0.2, 0.25) is 0 Å². The van der Waals surface area contributed by atoms with Crippen LogP contribution in [0.3, 0.4) is 0 Å². The zero-order valence-corrected chi connectivity index (χ0v) is 7.43. The third kappa shape index (κ3) is 1.62. The van der Waals surface area contributed by atoms with Gasteiger partial charge in [0.25, 0.3) is 0 Å². The van der Waals surface area contributed by atoms with Gasteiger partial charge in [0.15, 0.2) is 6.17 Å². The molecule has 0 aliphatic carbocycles. The van der Waals surface area contributed by atoms with Crippen LogP contribution in [0.25, 0.3) is 0 Å². The highest BCUT2D eigenvalue weighted by Crippen LogP contribution is 2.22. The summed E-state index contributed by atoms with van der Waals surface area (Å²) in [6, 6.07) is 0.132. The van der Waals surface area contributed by atoms with Gasteiger partial charge in [-0.15, -0.1) is 0 Å². The molecule has 0 aromatic rings. The molecule has 1 fully saturated rings. The van der Waals surface area contributed by atoms with Crippen LogP contribution in [0.15, 0.2) is 10.3 Å². The number of carbonyl (C=O) groups excluding carboxylic acids is 1. The van der Waals surface area contributed by atoms with E-state index in [-0.39, 0.29) is 18.2 Å². The number of nitrogens with zero attached hydrogens (tertiary/aromatic N) is 3. The smallest absolute Gasteiger partial charge is 0.321 e. The van der Waals surface area contributed by atoms with Gasteiger partial charge in [-0.25, -0.2) is 4.79 Å². The lowest BCUT2D eigenvalue weighted by Crippen LogP contribution is -2.50. The van der Waals surface area contributed by atoms with Gasteiger partial charge in [-0.05, 0) is 24.6 Å². The summed E-state index contributed by atoms with van der Waals surface area (Å²) in [5.74, 6) is -0.369. The fourth-order valence-corrected chi connectivity index (χ4v) is 1.58. The Labute approximate surface area is 75.9 Å². The summed E-state index contributed by atoms with van der Waals surface area (Å²) < 4.78 is 0. The van der Waals surface area contributed by atoms with Gasteiger partial charge < -0.3 is 4.84 Å². The fraction of sp³-hybridized carbons (Fsp3) is 0.857. The van der Waals surface area contributed by atoms with Crippen LogP contribution < -0.4 is 5.32 Å². The van der Waals surface area contributed by atoms with E-state index in [0.717, 1.165) is 19.4 Å². The van der Waals surface area contributed by atoms with Gasteiger partial charge in [0, 0.05) is 6.92 Å². The quantitative estimate of drug-likeness (QED) is 0.633. The zero-order valence-electron chi connectivity index (χ0n) is 7.43. The van der Waals surface area contributed by atoms with E-state index in [9.17, 15) is 4.79 Å². The molecular formula is C7H12N4O2.